The molecule has 0 unspecified atom stereocenters. The Bertz CT molecular complexity index is 1350. The average molecular weight is 454 g/mol. The molecule has 4 aromatic rings. The Balaban J connectivity index is 1.26. The molecule has 0 radical (unpaired) electrons. The van der Waals surface area contributed by atoms with Crippen molar-refractivity contribution in [3.8, 4) is 11.5 Å². The highest BCUT2D eigenvalue weighted by Crippen LogP contribution is 2.34. The quantitative estimate of drug-likeness (QED) is 0.501. The minimum absolute atomic E-state index is 0.189. The molecule has 2 aromatic carbocycles. The van der Waals surface area contributed by atoms with Gasteiger partial charge in [0.25, 0.3) is 5.91 Å². The van der Waals surface area contributed by atoms with Crippen molar-refractivity contribution in [2.24, 2.45) is 0 Å². The van der Waals surface area contributed by atoms with Crippen LogP contribution in [0.15, 0.2) is 72.9 Å². The van der Waals surface area contributed by atoms with Crippen molar-refractivity contribution in [2.45, 2.75) is 0 Å². The van der Waals surface area contributed by atoms with Gasteiger partial charge in [0.15, 0.2) is 11.5 Å². The van der Waals surface area contributed by atoms with Crippen molar-refractivity contribution >= 4 is 34.1 Å². The zero-order chi connectivity index (χ0) is 22.9. The van der Waals surface area contributed by atoms with Gasteiger partial charge in [0.2, 0.25) is 6.79 Å². The summed E-state index contributed by atoms with van der Waals surface area (Å²) in [5.74, 6) is 2.90. The van der Waals surface area contributed by atoms with Crippen LogP contribution >= 0.6 is 0 Å². The molecule has 1 N–H and O–H groups in total. The normalized spacial score (nSPS) is 14.9. The van der Waals surface area contributed by atoms with Gasteiger partial charge in [0.1, 0.15) is 11.6 Å². The summed E-state index contributed by atoms with van der Waals surface area (Å²) in [6.45, 7) is 3.46. The summed E-state index contributed by atoms with van der Waals surface area (Å²) in [7, 11) is 0. The minimum atomic E-state index is -0.189. The predicted octanol–water partition coefficient (Wildman–Crippen LogP) is 3.94. The SMILES string of the molecule is O=C(Nc1ccc2c(c1)OCO2)c1cc(N2CCN(c3ccccn3)CC2)nc2ccccc12. The molecule has 6 rings (SSSR count). The van der Waals surface area contributed by atoms with Crippen molar-refractivity contribution in [1.82, 2.24) is 9.97 Å². The van der Waals surface area contributed by atoms with Gasteiger partial charge in [-0.1, -0.05) is 24.3 Å². The number of amides is 1. The Morgan fingerprint density at radius 3 is 2.41 bits per heavy atom. The van der Waals surface area contributed by atoms with E-state index in [0.29, 0.717) is 22.7 Å². The summed E-state index contributed by atoms with van der Waals surface area (Å²) in [5.41, 5.74) is 2.04. The van der Waals surface area contributed by atoms with Crippen LogP contribution in [-0.4, -0.2) is 48.8 Å². The van der Waals surface area contributed by atoms with E-state index in [1.165, 1.54) is 0 Å². The van der Waals surface area contributed by atoms with Crippen molar-refractivity contribution in [2.75, 3.05) is 48.1 Å². The molecule has 0 aliphatic carbocycles. The average Bonchev–Trinajstić information content (AvgIpc) is 3.36. The molecular weight excluding hydrogens is 430 g/mol. The topological polar surface area (TPSA) is 79.8 Å². The van der Waals surface area contributed by atoms with Gasteiger partial charge < -0.3 is 24.6 Å². The molecule has 2 aliphatic rings. The maximum Gasteiger partial charge on any atom is 0.256 e. The van der Waals surface area contributed by atoms with E-state index in [-0.39, 0.29) is 12.7 Å². The highest BCUT2D eigenvalue weighted by Gasteiger charge is 2.22. The number of nitrogens with zero attached hydrogens (tertiary/aromatic N) is 4. The predicted molar refractivity (Wildman–Crippen MR) is 131 cm³/mol. The highest BCUT2D eigenvalue weighted by molar-refractivity contribution is 6.13. The maximum absolute atomic E-state index is 13.4. The second-order valence-corrected chi connectivity index (χ2v) is 8.23. The fraction of sp³-hybridized carbons (Fsp3) is 0.192. The molecule has 0 spiro atoms. The number of hydrogen-bond acceptors (Lipinski definition) is 7. The summed E-state index contributed by atoms with van der Waals surface area (Å²) in [5, 5.41) is 3.82. The number of hydrogen-bond donors (Lipinski definition) is 1. The largest absolute Gasteiger partial charge is 0.454 e. The lowest BCUT2D eigenvalue weighted by Gasteiger charge is -2.36. The molecule has 2 aliphatic heterocycles. The Hall–Kier alpha value is -4.33. The number of pyridine rings is 2. The number of piperazine rings is 1. The van der Waals surface area contributed by atoms with Gasteiger partial charge >= 0.3 is 0 Å². The molecule has 0 saturated carbocycles. The van der Waals surface area contributed by atoms with Crippen LogP contribution in [0.1, 0.15) is 10.4 Å². The molecule has 8 nitrogen and oxygen atoms in total. The van der Waals surface area contributed by atoms with Gasteiger partial charge in [-0.3, -0.25) is 4.79 Å². The van der Waals surface area contributed by atoms with Crippen LogP contribution in [0.2, 0.25) is 0 Å². The van der Waals surface area contributed by atoms with Crippen molar-refractivity contribution in [1.29, 1.82) is 0 Å². The first-order chi connectivity index (χ1) is 16.7. The van der Waals surface area contributed by atoms with E-state index in [1.54, 1.807) is 12.1 Å². The fourth-order valence-electron chi connectivity index (χ4n) is 4.39. The first-order valence-corrected chi connectivity index (χ1v) is 11.3. The zero-order valence-corrected chi connectivity index (χ0v) is 18.5. The number of nitrogens with one attached hydrogen (secondary N) is 1. The second kappa shape index (κ2) is 8.55. The molecule has 0 bridgehead atoms. The number of carbonyl (C=O) groups excluding carboxylic acids is 1. The third kappa shape index (κ3) is 3.83. The van der Waals surface area contributed by atoms with Crippen LogP contribution in [0.25, 0.3) is 10.9 Å². The Labute approximate surface area is 196 Å². The van der Waals surface area contributed by atoms with Crippen LogP contribution in [0.4, 0.5) is 17.3 Å². The minimum Gasteiger partial charge on any atom is -0.454 e. The third-order valence-electron chi connectivity index (χ3n) is 6.15. The fourth-order valence-corrected chi connectivity index (χ4v) is 4.39. The van der Waals surface area contributed by atoms with E-state index in [2.05, 4.69) is 20.1 Å². The zero-order valence-electron chi connectivity index (χ0n) is 18.5. The van der Waals surface area contributed by atoms with Gasteiger partial charge in [-0.05, 0) is 36.4 Å². The molecule has 34 heavy (non-hydrogen) atoms. The molecule has 170 valence electrons. The molecule has 2 aromatic heterocycles. The summed E-state index contributed by atoms with van der Waals surface area (Å²) in [4.78, 5) is 27.2. The number of ether oxygens (including phenoxy) is 2. The van der Waals surface area contributed by atoms with Crippen LogP contribution in [-0.2, 0) is 0 Å². The smallest absolute Gasteiger partial charge is 0.256 e. The van der Waals surface area contributed by atoms with Crippen LogP contribution in [0.5, 0.6) is 11.5 Å². The standard InChI is InChI=1S/C26H23N5O3/c32-26(28-18-8-9-22-23(15-18)34-17-33-22)20-16-25(29-21-6-2-1-5-19(20)21)31-13-11-30(12-14-31)24-7-3-4-10-27-24/h1-10,15-16H,11-14,17H2,(H,28,32). The Morgan fingerprint density at radius 1 is 0.824 bits per heavy atom. The van der Waals surface area contributed by atoms with Crippen LogP contribution < -0.4 is 24.6 Å². The van der Waals surface area contributed by atoms with Crippen LogP contribution in [0, 0.1) is 0 Å². The Morgan fingerprint density at radius 2 is 1.59 bits per heavy atom. The monoisotopic (exact) mass is 453 g/mol. The van der Waals surface area contributed by atoms with Crippen molar-refractivity contribution in [3.05, 3.63) is 78.5 Å². The summed E-state index contributed by atoms with van der Waals surface area (Å²) in [6, 6.07) is 21.0. The van der Waals surface area contributed by atoms with E-state index >= 15 is 0 Å². The second-order valence-electron chi connectivity index (χ2n) is 8.23. The van der Waals surface area contributed by atoms with Gasteiger partial charge in [-0.2, -0.15) is 0 Å². The Kier molecular flexibility index (Phi) is 5.10. The summed E-state index contributed by atoms with van der Waals surface area (Å²) >= 11 is 0. The number of carbonyl (C=O) groups is 1. The number of rotatable bonds is 4. The first kappa shape index (κ1) is 20.3. The van der Waals surface area contributed by atoms with Gasteiger partial charge in [-0.15, -0.1) is 0 Å². The lowest BCUT2D eigenvalue weighted by atomic mass is 10.1. The number of anilines is 3. The molecule has 8 heteroatoms. The lowest BCUT2D eigenvalue weighted by Crippen LogP contribution is -2.47. The third-order valence-corrected chi connectivity index (χ3v) is 6.15. The lowest BCUT2D eigenvalue weighted by molar-refractivity contribution is 0.102. The van der Waals surface area contributed by atoms with E-state index < -0.39 is 0 Å². The van der Waals surface area contributed by atoms with E-state index in [9.17, 15) is 4.79 Å². The number of aromatic nitrogens is 2. The molecule has 1 amide bonds. The van der Waals surface area contributed by atoms with Crippen LogP contribution in [0.3, 0.4) is 0 Å². The van der Waals surface area contributed by atoms with E-state index in [0.717, 1.165) is 48.7 Å². The molecule has 1 fully saturated rings. The molecule has 4 heterocycles. The van der Waals surface area contributed by atoms with Gasteiger partial charge in [0, 0.05) is 49.5 Å². The molecule has 1 saturated heterocycles. The number of fused-ring (bicyclic) bond motifs is 2. The summed E-state index contributed by atoms with van der Waals surface area (Å²) < 4.78 is 10.8. The number of benzene rings is 2. The van der Waals surface area contributed by atoms with Crippen molar-refractivity contribution < 1.29 is 14.3 Å². The van der Waals surface area contributed by atoms with Gasteiger partial charge in [-0.25, -0.2) is 9.97 Å². The molecule has 0 atom stereocenters. The summed E-state index contributed by atoms with van der Waals surface area (Å²) in [6.07, 6.45) is 1.82. The van der Waals surface area contributed by atoms with E-state index in [1.807, 2.05) is 60.8 Å². The number of para-hydroxylation sites is 1. The van der Waals surface area contributed by atoms with Crippen molar-refractivity contribution in [3.63, 3.8) is 0 Å². The van der Waals surface area contributed by atoms with E-state index in [4.69, 9.17) is 14.5 Å². The molecular formula is C26H23N5O3. The maximum atomic E-state index is 13.4. The van der Waals surface area contributed by atoms with Gasteiger partial charge in [0.05, 0.1) is 11.1 Å². The highest BCUT2D eigenvalue weighted by atomic mass is 16.7. The first-order valence-electron chi connectivity index (χ1n) is 11.3.